The highest BCUT2D eigenvalue weighted by Gasteiger charge is 2.22. The fraction of sp³-hybridized carbons (Fsp3) is 0.130. The van der Waals surface area contributed by atoms with Gasteiger partial charge < -0.3 is 10.1 Å². The zero-order valence-corrected chi connectivity index (χ0v) is 21.0. The van der Waals surface area contributed by atoms with Crippen LogP contribution in [0.2, 0.25) is 15.1 Å². The van der Waals surface area contributed by atoms with Crippen LogP contribution in [0, 0.1) is 6.92 Å². The molecule has 3 aromatic carbocycles. The van der Waals surface area contributed by atoms with Gasteiger partial charge in [0.25, 0.3) is 15.9 Å². The first kappa shape index (κ1) is 25.8. The summed E-state index contributed by atoms with van der Waals surface area (Å²) in [5.41, 5.74) is 1.42. The van der Waals surface area contributed by atoms with Crippen LogP contribution in [0.25, 0.3) is 0 Å². The molecule has 3 rings (SSSR count). The number of nitrogens with one attached hydrogen (secondary N) is 2. The Hall–Kier alpha value is -2.78. The summed E-state index contributed by atoms with van der Waals surface area (Å²) < 4.78 is 33.2. The first-order chi connectivity index (χ1) is 16.0. The number of sulfonamides is 1. The second-order valence-corrected chi connectivity index (χ2v) is 10.2. The second-order valence-electron chi connectivity index (χ2n) is 7.29. The van der Waals surface area contributed by atoms with E-state index in [-0.39, 0.29) is 31.2 Å². The molecule has 0 unspecified atom stereocenters. The van der Waals surface area contributed by atoms with Gasteiger partial charge in [-0.05, 0) is 61.9 Å². The maximum absolute atomic E-state index is 12.7. The van der Waals surface area contributed by atoms with Crippen LogP contribution in [0.3, 0.4) is 0 Å². The molecule has 0 bridgehead atoms. The molecule has 34 heavy (non-hydrogen) atoms. The maximum Gasteiger partial charge on any atom is 0.338 e. The fourth-order valence-electron chi connectivity index (χ4n) is 2.85. The van der Waals surface area contributed by atoms with Gasteiger partial charge in [0, 0.05) is 5.69 Å². The SMILES string of the molecule is Cc1cccc(NS(=O)(=O)c2cccc(C(=O)O[C@H](C)C(=O)Nc3cc(Cl)c(Cl)cc3Cl)c2)c1. The van der Waals surface area contributed by atoms with Crippen LogP contribution < -0.4 is 10.0 Å². The molecule has 1 amide bonds. The number of aryl methyl sites for hydroxylation is 1. The molecule has 0 radical (unpaired) electrons. The van der Waals surface area contributed by atoms with E-state index in [1.165, 1.54) is 43.3 Å². The lowest BCUT2D eigenvalue weighted by Crippen LogP contribution is -2.30. The summed E-state index contributed by atoms with van der Waals surface area (Å²) in [5, 5.41) is 3.06. The molecular formula is C23H19Cl3N2O5S. The Morgan fingerprint density at radius 2 is 1.59 bits per heavy atom. The van der Waals surface area contributed by atoms with Gasteiger partial charge in [-0.2, -0.15) is 0 Å². The minimum Gasteiger partial charge on any atom is -0.449 e. The van der Waals surface area contributed by atoms with Gasteiger partial charge in [0.1, 0.15) is 0 Å². The lowest BCUT2D eigenvalue weighted by Gasteiger charge is -2.15. The van der Waals surface area contributed by atoms with E-state index in [0.717, 1.165) is 5.56 Å². The first-order valence-corrected chi connectivity index (χ1v) is 12.4. The molecule has 2 N–H and O–H groups in total. The fourth-order valence-corrected chi connectivity index (χ4v) is 4.54. The van der Waals surface area contributed by atoms with Gasteiger partial charge in [-0.25, -0.2) is 13.2 Å². The zero-order chi connectivity index (χ0) is 25.0. The van der Waals surface area contributed by atoms with Crippen LogP contribution in [0.15, 0.2) is 65.6 Å². The van der Waals surface area contributed by atoms with Crippen LogP contribution >= 0.6 is 34.8 Å². The first-order valence-electron chi connectivity index (χ1n) is 9.82. The topological polar surface area (TPSA) is 102 Å². The Morgan fingerprint density at radius 3 is 2.29 bits per heavy atom. The van der Waals surface area contributed by atoms with Crippen LogP contribution in [-0.4, -0.2) is 26.4 Å². The van der Waals surface area contributed by atoms with E-state index in [0.29, 0.717) is 5.69 Å². The van der Waals surface area contributed by atoms with Crippen LogP contribution in [-0.2, 0) is 19.6 Å². The van der Waals surface area contributed by atoms with Crippen molar-refractivity contribution in [3.05, 3.63) is 86.9 Å². The summed E-state index contributed by atoms with van der Waals surface area (Å²) in [4.78, 5) is 24.9. The molecule has 11 heteroatoms. The van der Waals surface area contributed by atoms with Gasteiger partial charge in [0.2, 0.25) is 0 Å². The molecule has 1 atom stereocenters. The van der Waals surface area contributed by atoms with Crippen LogP contribution in [0.4, 0.5) is 11.4 Å². The number of carbonyl (C=O) groups is 2. The molecule has 0 heterocycles. The van der Waals surface area contributed by atoms with E-state index >= 15 is 0 Å². The Bertz CT molecular complexity index is 1360. The van der Waals surface area contributed by atoms with Crippen molar-refractivity contribution < 1.29 is 22.7 Å². The van der Waals surface area contributed by atoms with Gasteiger partial charge in [-0.15, -0.1) is 0 Å². The second kappa shape index (κ2) is 10.7. The molecule has 3 aromatic rings. The van der Waals surface area contributed by atoms with Gasteiger partial charge >= 0.3 is 5.97 Å². The van der Waals surface area contributed by atoms with E-state index in [2.05, 4.69) is 10.0 Å². The predicted molar refractivity (Wildman–Crippen MR) is 133 cm³/mol. The number of anilines is 2. The van der Waals surface area contributed by atoms with Crippen LogP contribution in [0.1, 0.15) is 22.8 Å². The minimum atomic E-state index is -3.96. The Labute approximate surface area is 212 Å². The summed E-state index contributed by atoms with van der Waals surface area (Å²) in [6.07, 6.45) is -1.22. The molecule has 7 nitrogen and oxygen atoms in total. The van der Waals surface area contributed by atoms with Crippen molar-refractivity contribution in [3.8, 4) is 0 Å². The van der Waals surface area contributed by atoms with Crippen molar-refractivity contribution in [2.75, 3.05) is 10.0 Å². The van der Waals surface area contributed by atoms with E-state index < -0.39 is 28.0 Å². The Morgan fingerprint density at radius 1 is 0.912 bits per heavy atom. The molecule has 0 aliphatic rings. The number of halogens is 3. The van der Waals surface area contributed by atoms with E-state index in [9.17, 15) is 18.0 Å². The quantitative estimate of drug-likeness (QED) is 0.285. The molecular weight excluding hydrogens is 523 g/mol. The summed E-state index contributed by atoms with van der Waals surface area (Å²) in [6.45, 7) is 3.19. The third kappa shape index (κ3) is 6.42. The number of benzene rings is 3. The van der Waals surface area contributed by atoms with Crippen LogP contribution in [0.5, 0.6) is 0 Å². The molecule has 178 valence electrons. The summed E-state index contributed by atoms with van der Waals surface area (Å²) >= 11 is 17.9. The number of carbonyl (C=O) groups excluding carboxylic acids is 2. The number of esters is 1. The molecule has 0 fully saturated rings. The lowest BCUT2D eigenvalue weighted by atomic mass is 10.2. The highest BCUT2D eigenvalue weighted by Crippen LogP contribution is 2.32. The zero-order valence-electron chi connectivity index (χ0n) is 17.9. The smallest absolute Gasteiger partial charge is 0.338 e. The van der Waals surface area contributed by atoms with Crippen molar-refractivity contribution in [2.45, 2.75) is 24.8 Å². The molecule has 0 aromatic heterocycles. The number of hydrogen-bond donors (Lipinski definition) is 2. The van der Waals surface area contributed by atoms with Crippen molar-refractivity contribution in [2.24, 2.45) is 0 Å². The van der Waals surface area contributed by atoms with Crippen molar-refractivity contribution in [1.29, 1.82) is 0 Å². The molecule has 0 aliphatic carbocycles. The largest absolute Gasteiger partial charge is 0.449 e. The number of amides is 1. The third-order valence-electron chi connectivity index (χ3n) is 4.57. The number of ether oxygens (including phenoxy) is 1. The number of hydrogen-bond acceptors (Lipinski definition) is 5. The molecule has 0 aliphatic heterocycles. The normalized spacial score (nSPS) is 12.0. The van der Waals surface area contributed by atoms with E-state index in [1.54, 1.807) is 18.2 Å². The average Bonchev–Trinajstić information content (AvgIpc) is 2.77. The summed E-state index contributed by atoms with van der Waals surface area (Å²) in [7, 11) is -3.96. The minimum absolute atomic E-state index is 0.0423. The summed E-state index contributed by atoms with van der Waals surface area (Å²) in [6, 6.07) is 14.9. The standard InChI is InChI=1S/C23H19Cl3N2O5S/c1-13-5-3-7-16(9-13)28-34(31,32)17-8-4-6-15(10-17)23(30)33-14(2)22(29)27-21-12-19(25)18(24)11-20(21)26/h3-12,14,28H,1-2H3,(H,27,29)/t14-/m1/s1. The molecule has 0 saturated carbocycles. The van der Waals surface area contributed by atoms with Gasteiger partial charge in [0.15, 0.2) is 6.10 Å². The number of rotatable bonds is 7. The average molecular weight is 542 g/mol. The van der Waals surface area contributed by atoms with Gasteiger partial charge in [0.05, 0.1) is 31.2 Å². The van der Waals surface area contributed by atoms with Crippen molar-refractivity contribution in [3.63, 3.8) is 0 Å². The van der Waals surface area contributed by atoms with Crippen molar-refractivity contribution in [1.82, 2.24) is 0 Å². The highest BCUT2D eigenvalue weighted by atomic mass is 35.5. The molecule has 0 saturated heterocycles. The predicted octanol–water partition coefficient (Wildman–Crippen LogP) is 5.94. The lowest BCUT2D eigenvalue weighted by molar-refractivity contribution is -0.123. The van der Waals surface area contributed by atoms with E-state index in [4.69, 9.17) is 39.5 Å². The maximum atomic E-state index is 12.7. The molecule has 0 spiro atoms. The van der Waals surface area contributed by atoms with E-state index in [1.807, 2.05) is 13.0 Å². The van der Waals surface area contributed by atoms with Gasteiger partial charge in [-0.1, -0.05) is 53.0 Å². The van der Waals surface area contributed by atoms with Gasteiger partial charge in [-0.3, -0.25) is 9.52 Å². The Kier molecular flexibility index (Phi) is 8.09. The van der Waals surface area contributed by atoms with Crippen molar-refractivity contribution >= 4 is 68.1 Å². The third-order valence-corrected chi connectivity index (χ3v) is 6.99. The highest BCUT2D eigenvalue weighted by molar-refractivity contribution is 7.92. The monoisotopic (exact) mass is 540 g/mol. The summed E-state index contributed by atoms with van der Waals surface area (Å²) in [5.74, 6) is -1.55. The Balaban J connectivity index is 1.71.